The van der Waals surface area contributed by atoms with E-state index in [2.05, 4.69) is 0 Å². The van der Waals surface area contributed by atoms with Crippen LogP contribution in [0.5, 0.6) is 0 Å². The second-order valence-electron chi connectivity index (χ2n) is 4.92. The van der Waals surface area contributed by atoms with E-state index in [0.717, 1.165) is 5.56 Å². The molecule has 0 spiro atoms. The molecule has 1 aromatic carbocycles. The van der Waals surface area contributed by atoms with Crippen molar-refractivity contribution in [2.75, 3.05) is 0 Å². The van der Waals surface area contributed by atoms with Crippen molar-refractivity contribution in [3.63, 3.8) is 0 Å². The smallest absolute Gasteiger partial charge is 0.334 e. The molecule has 1 N–H and O–H groups in total. The van der Waals surface area contributed by atoms with Crippen LogP contribution in [-0.2, 0) is 14.3 Å². The molecule has 0 bridgehead atoms. The number of hydrogen-bond donors (Lipinski definition) is 1. The third kappa shape index (κ3) is 2.42. The molecule has 2 aliphatic heterocycles. The van der Waals surface area contributed by atoms with E-state index in [1.807, 2.05) is 30.3 Å². The summed E-state index contributed by atoms with van der Waals surface area (Å²) >= 11 is 5.33. The fourth-order valence-electron chi connectivity index (χ4n) is 2.50. The Morgan fingerprint density at radius 2 is 2.14 bits per heavy atom. The van der Waals surface area contributed by atoms with Crippen molar-refractivity contribution in [2.24, 2.45) is 0 Å². The number of carboxylic acids is 1. The number of hydrogen-bond acceptors (Lipinski definition) is 4. The average molecular weight is 303 g/mol. The van der Waals surface area contributed by atoms with Crippen LogP contribution in [0, 0.1) is 0 Å². The van der Waals surface area contributed by atoms with Gasteiger partial charge in [-0.15, -0.1) is 0 Å². The van der Waals surface area contributed by atoms with Gasteiger partial charge >= 0.3 is 5.97 Å². The lowest BCUT2D eigenvalue weighted by Crippen LogP contribution is -2.54. The molecule has 0 radical (unpaired) electrons. The van der Waals surface area contributed by atoms with Gasteiger partial charge in [0.25, 0.3) is 0 Å². The fraction of sp³-hybridized carbons (Fsp3) is 0.267. The Morgan fingerprint density at radius 3 is 2.76 bits per heavy atom. The quantitative estimate of drug-likeness (QED) is 0.521. The van der Waals surface area contributed by atoms with Crippen LogP contribution in [-0.4, -0.2) is 39.0 Å². The highest BCUT2D eigenvalue weighted by Crippen LogP contribution is 2.36. The molecule has 108 valence electrons. The molecule has 1 amide bonds. The molecule has 1 aromatic rings. The Hall–Kier alpha value is -2.21. The molecule has 0 aromatic heterocycles. The maximum Gasteiger partial charge on any atom is 0.334 e. The molecule has 2 saturated heterocycles. The molecular formula is C15H13NO4S. The normalized spacial score (nSPS) is 25.2. The standard InChI is InChI=1S/C15H13NO4S/c17-12-8-13-16(12)14(15(18)19)10(20-13)6-7-11(21)9-4-2-1-3-5-9/h1-6,13-14H,7-8H2,(H,18,19)/b10-6-. The van der Waals surface area contributed by atoms with Crippen molar-refractivity contribution >= 4 is 29.0 Å². The zero-order valence-electron chi connectivity index (χ0n) is 11.1. The van der Waals surface area contributed by atoms with Crippen molar-refractivity contribution in [2.45, 2.75) is 25.1 Å². The van der Waals surface area contributed by atoms with Gasteiger partial charge in [-0.25, -0.2) is 4.79 Å². The van der Waals surface area contributed by atoms with Gasteiger partial charge in [-0.05, 0) is 11.6 Å². The summed E-state index contributed by atoms with van der Waals surface area (Å²) in [5.41, 5.74) is 0.925. The lowest BCUT2D eigenvalue weighted by molar-refractivity contribution is -0.163. The minimum atomic E-state index is -1.08. The van der Waals surface area contributed by atoms with Gasteiger partial charge < -0.3 is 9.84 Å². The van der Waals surface area contributed by atoms with Gasteiger partial charge in [-0.1, -0.05) is 42.5 Å². The summed E-state index contributed by atoms with van der Waals surface area (Å²) in [7, 11) is 0. The first kappa shape index (κ1) is 13.8. The van der Waals surface area contributed by atoms with E-state index in [-0.39, 0.29) is 12.3 Å². The Balaban J connectivity index is 1.75. The van der Waals surface area contributed by atoms with Crippen LogP contribution in [0.3, 0.4) is 0 Å². The number of aliphatic carboxylic acids is 1. The number of nitrogens with zero attached hydrogens (tertiary/aromatic N) is 1. The van der Waals surface area contributed by atoms with Gasteiger partial charge in [-0.2, -0.15) is 0 Å². The van der Waals surface area contributed by atoms with Crippen LogP contribution in [0.2, 0.25) is 0 Å². The Kier molecular flexibility index (Phi) is 3.47. The number of carboxylic acid groups (broad SMARTS) is 1. The first-order valence-corrected chi connectivity index (χ1v) is 6.97. The SMILES string of the molecule is O=C(O)C1/C(=C/CC(=S)c2ccccc2)OC2CC(=O)N21. The highest BCUT2D eigenvalue weighted by atomic mass is 32.1. The van der Waals surface area contributed by atoms with Gasteiger partial charge in [0.15, 0.2) is 12.3 Å². The summed E-state index contributed by atoms with van der Waals surface area (Å²) < 4.78 is 5.52. The molecule has 3 rings (SSSR count). The third-order valence-corrected chi connectivity index (χ3v) is 3.99. The van der Waals surface area contributed by atoms with Crippen molar-refractivity contribution < 1.29 is 19.4 Å². The van der Waals surface area contributed by atoms with E-state index in [1.165, 1.54) is 4.90 Å². The van der Waals surface area contributed by atoms with E-state index in [1.54, 1.807) is 6.08 Å². The molecule has 2 fully saturated rings. The molecule has 2 unspecified atom stereocenters. The van der Waals surface area contributed by atoms with Crippen LogP contribution in [0.15, 0.2) is 42.2 Å². The summed E-state index contributed by atoms with van der Waals surface area (Å²) in [6.07, 6.45) is 1.88. The second-order valence-corrected chi connectivity index (χ2v) is 5.41. The minimum Gasteiger partial charge on any atom is -0.479 e. The number of amides is 1. The molecule has 0 aliphatic carbocycles. The Labute approximate surface area is 126 Å². The van der Waals surface area contributed by atoms with E-state index < -0.39 is 18.2 Å². The van der Waals surface area contributed by atoms with E-state index in [9.17, 15) is 14.7 Å². The monoisotopic (exact) mass is 303 g/mol. The van der Waals surface area contributed by atoms with Crippen LogP contribution >= 0.6 is 12.2 Å². The number of carbonyl (C=O) groups is 2. The Bertz CT molecular complexity index is 640. The maximum atomic E-state index is 11.5. The molecule has 6 heteroatoms. The highest BCUT2D eigenvalue weighted by molar-refractivity contribution is 7.80. The number of thiocarbonyl (C=S) groups is 1. The van der Waals surface area contributed by atoms with Gasteiger partial charge in [-0.3, -0.25) is 9.69 Å². The second kappa shape index (κ2) is 5.29. The fourth-order valence-corrected chi connectivity index (χ4v) is 2.72. The van der Waals surface area contributed by atoms with Crippen LogP contribution in [0.4, 0.5) is 0 Å². The average Bonchev–Trinajstić information content (AvgIpc) is 2.78. The zero-order valence-corrected chi connectivity index (χ0v) is 11.9. The van der Waals surface area contributed by atoms with Gasteiger partial charge in [0, 0.05) is 11.3 Å². The molecule has 0 saturated carbocycles. The first-order chi connectivity index (χ1) is 10.1. The Morgan fingerprint density at radius 1 is 1.43 bits per heavy atom. The van der Waals surface area contributed by atoms with Gasteiger partial charge in [0.2, 0.25) is 5.91 Å². The molecule has 2 aliphatic rings. The molecule has 2 heterocycles. The number of allylic oxidation sites excluding steroid dienone is 1. The van der Waals surface area contributed by atoms with Crippen molar-refractivity contribution in [3.05, 3.63) is 47.7 Å². The minimum absolute atomic E-state index is 0.193. The lowest BCUT2D eigenvalue weighted by Gasteiger charge is -2.33. The predicted octanol–water partition coefficient (Wildman–Crippen LogP) is 1.72. The summed E-state index contributed by atoms with van der Waals surface area (Å²) in [5.74, 6) is -0.972. The predicted molar refractivity (Wildman–Crippen MR) is 78.6 cm³/mol. The van der Waals surface area contributed by atoms with Crippen LogP contribution < -0.4 is 0 Å². The summed E-state index contributed by atoms with van der Waals surface area (Å²) in [6.45, 7) is 0. The van der Waals surface area contributed by atoms with Gasteiger partial charge in [0.05, 0.1) is 6.42 Å². The van der Waals surface area contributed by atoms with Crippen molar-refractivity contribution in [3.8, 4) is 0 Å². The van der Waals surface area contributed by atoms with E-state index >= 15 is 0 Å². The van der Waals surface area contributed by atoms with E-state index in [0.29, 0.717) is 17.0 Å². The molecule has 5 nitrogen and oxygen atoms in total. The number of β-lactam (4-membered cyclic amide) rings is 1. The van der Waals surface area contributed by atoms with Crippen LogP contribution in [0.1, 0.15) is 18.4 Å². The largest absolute Gasteiger partial charge is 0.479 e. The van der Waals surface area contributed by atoms with Gasteiger partial charge in [0.1, 0.15) is 5.76 Å². The number of benzene rings is 1. The zero-order chi connectivity index (χ0) is 15.0. The molecular weight excluding hydrogens is 290 g/mol. The summed E-state index contributed by atoms with van der Waals surface area (Å²) in [5, 5.41) is 9.26. The molecule has 2 atom stereocenters. The highest BCUT2D eigenvalue weighted by Gasteiger charge is 2.53. The first-order valence-electron chi connectivity index (χ1n) is 6.57. The molecule has 21 heavy (non-hydrogen) atoms. The number of ether oxygens (including phenoxy) is 1. The van der Waals surface area contributed by atoms with E-state index in [4.69, 9.17) is 17.0 Å². The topological polar surface area (TPSA) is 66.8 Å². The third-order valence-electron chi connectivity index (χ3n) is 3.59. The number of carbonyl (C=O) groups excluding carboxylic acids is 1. The maximum absolute atomic E-state index is 11.5. The van der Waals surface area contributed by atoms with Crippen LogP contribution in [0.25, 0.3) is 0 Å². The number of fused-ring (bicyclic) bond motifs is 1. The number of rotatable bonds is 4. The summed E-state index contributed by atoms with van der Waals surface area (Å²) in [6, 6.07) is 8.48. The van der Waals surface area contributed by atoms with Crippen molar-refractivity contribution in [1.29, 1.82) is 0 Å². The van der Waals surface area contributed by atoms with Crippen molar-refractivity contribution in [1.82, 2.24) is 4.90 Å². The summed E-state index contributed by atoms with van der Waals surface area (Å²) in [4.78, 5) is 24.7. The lowest BCUT2D eigenvalue weighted by atomic mass is 10.1.